The van der Waals surface area contributed by atoms with Gasteiger partial charge >= 0.3 is 0 Å². The number of aromatic nitrogens is 2. The average Bonchev–Trinajstić information content (AvgIpc) is 3.02. The van der Waals surface area contributed by atoms with E-state index >= 15 is 0 Å². The molecule has 2 N–H and O–H groups in total. The number of piperidine rings is 1. The fourth-order valence-corrected chi connectivity index (χ4v) is 3.46. The molecule has 144 valence electrons. The maximum Gasteiger partial charge on any atom is 0.224 e. The van der Waals surface area contributed by atoms with Gasteiger partial charge in [-0.05, 0) is 49.9 Å². The number of rotatable bonds is 5. The van der Waals surface area contributed by atoms with Gasteiger partial charge in [0.15, 0.2) is 0 Å². The van der Waals surface area contributed by atoms with Crippen molar-refractivity contribution in [3.05, 3.63) is 36.7 Å². The number of anilines is 1. The molecular formula is C19H28Cl2N4O. The number of hydrogen-bond acceptors (Lipinski definition) is 3. The Kier molecular flexibility index (Phi) is 9.13. The van der Waals surface area contributed by atoms with Crippen molar-refractivity contribution in [2.75, 3.05) is 18.4 Å². The molecule has 0 bridgehead atoms. The van der Waals surface area contributed by atoms with Crippen molar-refractivity contribution in [3.8, 4) is 11.4 Å². The number of nitrogens with one attached hydrogen (secondary N) is 2. The van der Waals surface area contributed by atoms with E-state index in [-0.39, 0.29) is 30.7 Å². The molecule has 1 aromatic heterocycles. The fraction of sp³-hybridized carbons (Fsp3) is 0.474. The third-order valence-electron chi connectivity index (χ3n) is 4.92. The van der Waals surface area contributed by atoms with Gasteiger partial charge in [-0.2, -0.15) is 0 Å². The molecular weight excluding hydrogens is 371 g/mol. The first-order chi connectivity index (χ1) is 11.6. The van der Waals surface area contributed by atoms with Gasteiger partial charge in [-0.3, -0.25) is 4.79 Å². The highest BCUT2D eigenvalue weighted by atomic mass is 35.5. The van der Waals surface area contributed by atoms with Gasteiger partial charge in [0.05, 0.1) is 0 Å². The molecule has 7 heteroatoms. The second kappa shape index (κ2) is 10.6. The standard InChI is InChI=1S/C19H26N4O.2ClH/c1-14(15-6-8-20-9-7-15)12-18(24)22-17-5-3-4-16(13-17)19-21-10-11-23(19)2;;/h3-5,10-11,13-15,20H,6-9,12H2,1-2H3,(H,22,24);2*1H. The van der Waals surface area contributed by atoms with E-state index in [1.807, 2.05) is 42.1 Å². The number of carbonyl (C=O) groups excluding carboxylic acids is 1. The summed E-state index contributed by atoms with van der Waals surface area (Å²) in [5.41, 5.74) is 1.84. The van der Waals surface area contributed by atoms with Gasteiger partial charge in [-0.25, -0.2) is 4.98 Å². The Balaban J connectivity index is 0.00000169. The average molecular weight is 399 g/mol. The van der Waals surface area contributed by atoms with E-state index in [0.717, 1.165) is 30.2 Å². The number of nitrogens with zero attached hydrogens (tertiary/aromatic N) is 2. The van der Waals surface area contributed by atoms with Crippen molar-refractivity contribution in [1.82, 2.24) is 14.9 Å². The van der Waals surface area contributed by atoms with Crippen LogP contribution in [-0.4, -0.2) is 28.5 Å². The van der Waals surface area contributed by atoms with Gasteiger partial charge in [0.2, 0.25) is 5.91 Å². The number of halogens is 2. The molecule has 1 fully saturated rings. The second-order valence-corrected chi connectivity index (χ2v) is 6.76. The van der Waals surface area contributed by atoms with Crippen molar-refractivity contribution >= 4 is 36.4 Å². The molecule has 0 spiro atoms. The van der Waals surface area contributed by atoms with Crippen LogP contribution in [0.4, 0.5) is 5.69 Å². The summed E-state index contributed by atoms with van der Waals surface area (Å²) < 4.78 is 1.97. The molecule has 1 saturated heterocycles. The zero-order valence-corrected chi connectivity index (χ0v) is 16.9. The normalized spacial score (nSPS) is 15.5. The molecule has 0 aliphatic carbocycles. The van der Waals surface area contributed by atoms with E-state index in [1.165, 1.54) is 12.8 Å². The molecule has 26 heavy (non-hydrogen) atoms. The van der Waals surface area contributed by atoms with Gasteiger partial charge in [0.25, 0.3) is 0 Å². The summed E-state index contributed by atoms with van der Waals surface area (Å²) in [5, 5.41) is 6.42. The lowest BCUT2D eigenvalue weighted by Crippen LogP contribution is -2.32. The van der Waals surface area contributed by atoms with Crippen LogP contribution in [0.3, 0.4) is 0 Å². The van der Waals surface area contributed by atoms with E-state index in [1.54, 1.807) is 6.20 Å². The number of benzene rings is 1. The highest BCUT2D eigenvalue weighted by Crippen LogP contribution is 2.25. The summed E-state index contributed by atoms with van der Waals surface area (Å²) in [4.78, 5) is 16.7. The first kappa shape index (κ1) is 22.5. The Labute approximate surface area is 167 Å². The minimum atomic E-state index is 0. The summed E-state index contributed by atoms with van der Waals surface area (Å²) in [7, 11) is 1.97. The number of carbonyl (C=O) groups is 1. The van der Waals surface area contributed by atoms with E-state index in [4.69, 9.17) is 0 Å². The maximum atomic E-state index is 12.4. The first-order valence-electron chi connectivity index (χ1n) is 8.72. The van der Waals surface area contributed by atoms with Crippen molar-refractivity contribution < 1.29 is 4.79 Å². The lowest BCUT2D eigenvalue weighted by atomic mass is 9.84. The molecule has 2 heterocycles. The van der Waals surface area contributed by atoms with Crippen LogP contribution in [0.5, 0.6) is 0 Å². The molecule has 1 aliphatic heterocycles. The number of hydrogen-bond donors (Lipinski definition) is 2. The molecule has 2 aromatic rings. The Bertz CT molecular complexity index is 698. The summed E-state index contributed by atoms with van der Waals surface area (Å²) >= 11 is 0. The fourth-order valence-electron chi connectivity index (χ4n) is 3.46. The number of aryl methyl sites for hydroxylation is 1. The topological polar surface area (TPSA) is 59.0 Å². The van der Waals surface area contributed by atoms with Gasteiger partial charge < -0.3 is 15.2 Å². The van der Waals surface area contributed by atoms with Gasteiger partial charge in [0.1, 0.15) is 5.82 Å². The Morgan fingerprint density at radius 3 is 2.73 bits per heavy atom. The third-order valence-corrected chi connectivity index (χ3v) is 4.92. The van der Waals surface area contributed by atoms with Crippen LogP contribution in [-0.2, 0) is 11.8 Å². The van der Waals surface area contributed by atoms with Gasteiger partial charge in [-0.15, -0.1) is 24.8 Å². The number of amides is 1. The largest absolute Gasteiger partial charge is 0.334 e. The minimum Gasteiger partial charge on any atom is -0.334 e. The zero-order chi connectivity index (χ0) is 16.9. The summed E-state index contributed by atoms with van der Waals surface area (Å²) in [6, 6.07) is 7.88. The Morgan fingerprint density at radius 1 is 1.35 bits per heavy atom. The van der Waals surface area contributed by atoms with Crippen molar-refractivity contribution in [2.45, 2.75) is 26.2 Å². The molecule has 1 aliphatic rings. The van der Waals surface area contributed by atoms with E-state index < -0.39 is 0 Å². The van der Waals surface area contributed by atoms with Crippen LogP contribution in [0, 0.1) is 11.8 Å². The summed E-state index contributed by atoms with van der Waals surface area (Å²) in [6.45, 7) is 4.34. The quantitative estimate of drug-likeness (QED) is 0.802. The Hall–Kier alpha value is -1.56. The molecule has 1 aromatic carbocycles. The monoisotopic (exact) mass is 398 g/mol. The van der Waals surface area contributed by atoms with Gasteiger partial charge in [-0.1, -0.05) is 19.1 Å². The van der Waals surface area contributed by atoms with Crippen LogP contribution in [0.2, 0.25) is 0 Å². The molecule has 1 unspecified atom stereocenters. The van der Waals surface area contributed by atoms with E-state index in [2.05, 4.69) is 22.5 Å². The zero-order valence-electron chi connectivity index (χ0n) is 15.3. The van der Waals surface area contributed by atoms with Crippen LogP contribution < -0.4 is 10.6 Å². The molecule has 1 atom stereocenters. The van der Waals surface area contributed by atoms with Crippen molar-refractivity contribution in [3.63, 3.8) is 0 Å². The number of imidazole rings is 1. The maximum absolute atomic E-state index is 12.4. The minimum absolute atomic E-state index is 0. The van der Waals surface area contributed by atoms with E-state index in [9.17, 15) is 4.79 Å². The summed E-state index contributed by atoms with van der Waals surface area (Å²) in [5.74, 6) is 2.06. The molecule has 0 saturated carbocycles. The predicted molar refractivity (Wildman–Crippen MR) is 111 cm³/mol. The van der Waals surface area contributed by atoms with Crippen molar-refractivity contribution in [1.29, 1.82) is 0 Å². The first-order valence-corrected chi connectivity index (χ1v) is 8.72. The highest BCUT2D eigenvalue weighted by molar-refractivity contribution is 5.91. The van der Waals surface area contributed by atoms with Crippen LogP contribution in [0.1, 0.15) is 26.2 Å². The van der Waals surface area contributed by atoms with Crippen LogP contribution in [0.25, 0.3) is 11.4 Å². The lowest BCUT2D eigenvalue weighted by molar-refractivity contribution is -0.117. The van der Waals surface area contributed by atoms with E-state index in [0.29, 0.717) is 18.3 Å². The molecule has 0 radical (unpaired) electrons. The predicted octanol–water partition coefficient (Wildman–Crippen LogP) is 3.90. The molecule has 5 nitrogen and oxygen atoms in total. The second-order valence-electron chi connectivity index (χ2n) is 6.76. The third kappa shape index (κ3) is 5.73. The van der Waals surface area contributed by atoms with Gasteiger partial charge in [0, 0.05) is 37.1 Å². The lowest BCUT2D eigenvalue weighted by Gasteiger charge is -2.27. The molecule has 3 rings (SSSR count). The SMILES string of the molecule is CC(CC(=O)Nc1cccc(-c2nccn2C)c1)C1CCNCC1.Cl.Cl. The smallest absolute Gasteiger partial charge is 0.224 e. The van der Waals surface area contributed by atoms with Crippen molar-refractivity contribution in [2.24, 2.45) is 18.9 Å². The Morgan fingerprint density at radius 2 is 2.08 bits per heavy atom. The van der Waals surface area contributed by atoms with Crippen LogP contribution >= 0.6 is 24.8 Å². The summed E-state index contributed by atoms with van der Waals surface area (Å²) in [6.07, 6.45) is 6.62. The highest BCUT2D eigenvalue weighted by Gasteiger charge is 2.22. The molecule has 1 amide bonds. The van der Waals surface area contributed by atoms with Crippen LogP contribution in [0.15, 0.2) is 36.7 Å².